The molecule has 0 spiro atoms. The second kappa shape index (κ2) is 8.53. The third-order valence-corrected chi connectivity index (χ3v) is 2.76. The molecular weight excluding hydrogens is 282 g/mol. The van der Waals surface area contributed by atoms with Gasteiger partial charge in [0.1, 0.15) is 0 Å². The summed E-state index contributed by atoms with van der Waals surface area (Å²) in [7, 11) is 1.50. The van der Waals surface area contributed by atoms with Crippen LogP contribution in [-0.4, -0.2) is 38.8 Å². The fourth-order valence-electron chi connectivity index (χ4n) is 1.69. The van der Waals surface area contributed by atoms with E-state index < -0.39 is 29.4 Å². The van der Waals surface area contributed by atoms with Gasteiger partial charge in [-0.25, -0.2) is 8.78 Å². The highest BCUT2D eigenvalue weighted by Crippen LogP contribution is 2.24. The lowest BCUT2D eigenvalue weighted by atomic mass is 10.1. The summed E-state index contributed by atoms with van der Waals surface area (Å²) in [5.41, 5.74) is 5.78. The molecule has 0 aliphatic rings. The van der Waals surface area contributed by atoms with Crippen molar-refractivity contribution < 1.29 is 23.0 Å². The predicted molar refractivity (Wildman–Crippen MR) is 74.1 cm³/mol. The highest BCUT2D eigenvalue weighted by Gasteiger charge is 2.20. The van der Waals surface area contributed by atoms with Crippen molar-refractivity contribution in [3.63, 3.8) is 0 Å². The molecule has 0 aromatic heterocycles. The van der Waals surface area contributed by atoms with Crippen LogP contribution < -0.4 is 15.8 Å². The number of nitrogens with one attached hydrogen (secondary N) is 1. The molecule has 0 aliphatic carbocycles. The minimum Gasteiger partial charge on any atom is -0.475 e. The van der Waals surface area contributed by atoms with Gasteiger partial charge in [0.05, 0.1) is 6.61 Å². The molecule has 1 rings (SSSR count). The molecule has 5 nitrogen and oxygen atoms in total. The number of hydrogen-bond acceptors (Lipinski definition) is 4. The Hall–Kier alpha value is -1.73. The molecule has 7 heteroatoms. The molecule has 0 heterocycles. The van der Waals surface area contributed by atoms with E-state index in [1.807, 2.05) is 0 Å². The van der Waals surface area contributed by atoms with E-state index in [4.69, 9.17) is 15.2 Å². The molecule has 118 valence electrons. The van der Waals surface area contributed by atoms with E-state index in [1.54, 1.807) is 0 Å². The van der Waals surface area contributed by atoms with Gasteiger partial charge in [-0.05, 0) is 37.6 Å². The summed E-state index contributed by atoms with van der Waals surface area (Å²) >= 11 is 0. The van der Waals surface area contributed by atoms with Crippen molar-refractivity contribution in [3.05, 3.63) is 29.3 Å². The Labute approximate surface area is 122 Å². The Balaban J connectivity index is 2.71. The largest absolute Gasteiger partial charge is 0.475 e. The van der Waals surface area contributed by atoms with Crippen LogP contribution in [0.4, 0.5) is 8.78 Å². The second-order valence-electron chi connectivity index (χ2n) is 4.47. The highest BCUT2D eigenvalue weighted by atomic mass is 19.1. The van der Waals surface area contributed by atoms with Crippen LogP contribution in [0.2, 0.25) is 0 Å². The molecule has 1 atom stereocenters. The third kappa shape index (κ3) is 5.28. The van der Waals surface area contributed by atoms with Crippen molar-refractivity contribution in [3.8, 4) is 5.75 Å². The van der Waals surface area contributed by atoms with Crippen molar-refractivity contribution >= 4 is 5.91 Å². The number of hydrogen-bond donors (Lipinski definition) is 2. The molecule has 1 aromatic carbocycles. The number of methoxy groups -OCH3 is 1. The first-order chi connectivity index (χ1) is 9.99. The zero-order valence-electron chi connectivity index (χ0n) is 12.1. The molecule has 0 bridgehead atoms. The fraction of sp³-hybridized carbons (Fsp3) is 0.500. The maximum Gasteiger partial charge on any atom is 0.260 e. The summed E-state index contributed by atoms with van der Waals surface area (Å²) in [4.78, 5) is 11.7. The van der Waals surface area contributed by atoms with Crippen LogP contribution in [0.1, 0.15) is 12.5 Å². The molecule has 0 saturated heterocycles. The van der Waals surface area contributed by atoms with Gasteiger partial charge in [-0.1, -0.05) is 0 Å². The maximum absolute atomic E-state index is 13.8. The maximum atomic E-state index is 13.8. The summed E-state index contributed by atoms with van der Waals surface area (Å²) in [5, 5.41) is 2.52. The van der Waals surface area contributed by atoms with Crippen LogP contribution in [0.25, 0.3) is 0 Å². The van der Waals surface area contributed by atoms with Gasteiger partial charge in [0, 0.05) is 13.7 Å². The van der Waals surface area contributed by atoms with Gasteiger partial charge in [-0.2, -0.15) is 0 Å². The number of ether oxygens (including phenoxy) is 2. The first-order valence-electron chi connectivity index (χ1n) is 6.60. The summed E-state index contributed by atoms with van der Waals surface area (Å²) in [5.74, 6) is -2.74. The first-order valence-corrected chi connectivity index (χ1v) is 6.60. The van der Waals surface area contributed by atoms with Crippen molar-refractivity contribution in [2.24, 2.45) is 5.73 Å². The molecular formula is C14H20F2N2O3. The second-order valence-corrected chi connectivity index (χ2v) is 4.47. The molecule has 0 radical (unpaired) electrons. The summed E-state index contributed by atoms with van der Waals surface area (Å²) in [6.07, 6.45) is -0.660. The number of benzene rings is 1. The van der Waals surface area contributed by atoms with Crippen LogP contribution in [0, 0.1) is 11.6 Å². The Morgan fingerprint density at radius 2 is 2.00 bits per heavy atom. The first kappa shape index (κ1) is 17.3. The number of carbonyl (C=O) groups excluding carboxylic acids is 1. The lowest BCUT2D eigenvalue weighted by Crippen LogP contribution is -2.38. The zero-order chi connectivity index (χ0) is 15.8. The van der Waals surface area contributed by atoms with Crippen molar-refractivity contribution in [2.45, 2.75) is 19.4 Å². The number of halogens is 2. The van der Waals surface area contributed by atoms with Crippen LogP contribution in [0.5, 0.6) is 5.75 Å². The molecule has 0 fully saturated rings. The van der Waals surface area contributed by atoms with Gasteiger partial charge >= 0.3 is 0 Å². The molecule has 1 amide bonds. The number of amides is 1. The summed E-state index contributed by atoms with van der Waals surface area (Å²) in [6, 6.07) is 2.31. The minimum atomic E-state index is -1.02. The number of rotatable bonds is 8. The zero-order valence-corrected chi connectivity index (χ0v) is 12.1. The lowest BCUT2D eigenvalue weighted by Gasteiger charge is -2.16. The van der Waals surface area contributed by atoms with Gasteiger partial charge in [-0.3, -0.25) is 4.79 Å². The van der Waals surface area contributed by atoms with E-state index in [0.717, 1.165) is 12.1 Å². The normalized spacial score (nSPS) is 12.0. The SMILES string of the molecule is COCCNC(=O)C(C)Oc1c(F)cc(CCN)cc1F. The molecule has 21 heavy (non-hydrogen) atoms. The van der Waals surface area contributed by atoms with Gasteiger partial charge in [0.25, 0.3) is 5.91 Å². The summed E-state index contributed by atoms with van der Waals surface area (Å²) < 4.78 is 37.5. The monoisotopic (exact) mass is 302 g/mol. The Bertz CT molecular complexity index is 460. The average molecular weight is 302 g/mol. The van der Waals surface area contributed by atoms with Crippen LogP contribution >= 0.6 is 0 Å². The van der Waals surface area contributed by atoms with Crippen molar-refractivity contribution in [2.75, 3.05) is 26.8 Å². The Morgan fingerprint density at radius 1 is 1.38 bits per heavy atom. The van der Waals surface area contributed by atoms with E-state index in [0.29, 0.717) is 25.1 Å². The predicted octanol–water partition coefficient (Wildman–Crippen LogP) is 0.996. The van der Waals surface area contributed by atoms with Crippen molar-refractivity contribution in [1.82, 2.24) is 5.32 Å². The van der Waals surface area contributed by atoms with Crippen LogP contribution in [0.15, 0.2) is 12.1 Å². The smallest absolute Gasteiger partial charge is 0.260 e. The molecule has 0 aliphatic heterocycles. The fourth-order valence-corrected chi connectivity index (χ4v) is 1.69. The lowest BCUT2D eigenvalue weighted by molar-refractivity contribution is -0.127. The van der Waals surface area contributed by atoms with Crippen molar-refractivity contribution in [1.29, 1.82) is 0 Å². The Morgan fingerprint density at radius 3 is 2.52 bits per heavy atom. The van der Waals surface area contributed by atoms with Gasteiger partial charge in [0.2, 0.25) is 0 Å². The average Bonchev–Trinajstić information content (AvgIpc) is 2.43. The van der Waals surface area contributed by atoms with Crippen LogP contribution in [0.3, 0.4) is 0 Å². The van der Waals surface area contributed by atoms with E-state index in [2.05, 4.69) is 5.32 Å². The summed E-state index contributed by atoms with van der Waals surface area (Å²) in [6.45, 7) is 2.34. The number of nitrogens with two attached hydrogens (primary N) is 1. The quantitative estimate of drug-likeness (QED) is 0.703. The number of carbonyl (C=O) groups is 1. The van der Waals surface area contributed by atoms with E-state index >= 15 is 0 Å². The van der Waals surface area contributed by atoms with E-state index in [9.17, 15) is 13.6 Å². The van der Waals surface area contributed by atoms with Gasteiger partial charge in [0.15, 0.2) is 23.5 Å². The third-order valence-electron chi connectivity index (χ3n) is 2.76. The Kier molecular flexibility index (Phi) is 7.04. The molecule has 1 aromatic rings. The molecule has 0 saturated carbocycles. The standard InChI is InChI=1S/C14H20F2N2O3/c1-9(14(19)18-5-6-20-2)21-13-11(15)7-10(3-4-17)8-12(13)16/h7-9H,3-6,17H2,1-2H3,(H,18,19). The van der Waals surface area contributed by atoms with Crippen LogP contribution in [-0.2, 0) is 16.0 Å². The minimum absolute atomic E-state index is 0.289. The topological polar surface area (TPSA) is 73.6 Å². The highest BCUT2D eigenvalue weighted by molar-refractivity contribution is 5.80. The van der Waals surface area contributed by atoms with E-state index in [1.165, 1.54) is 14.0 Å². The van der Waals surface area contributed by atoms with Gasteiger partial charge in [-0.15, -0.1) is 0 Å². The van der Waals surface area contributed by atoms with E-state index in [-0.39, 0.29) is 6.54 Å². The molecule has 1 unspecified atom stereocenters. The molecule has 3 N–H and O–H groups in total. The van der Waals surface area contributed by atoms with Gasteiger partial charge < -0.3 is 20.5 Å².